The molecule has 1 N–H and O–H groups in total. The van der Waals surface area contributed by atoms with Gasteiger partial charge < -0.3 is 9.84 Å². The number of amides is 1. The van der Waals surface area contributed by atoms with Crippen molar-refractivity contribution in [1.82, 2.24) is 4.90 Å². The first-order valence-electron chi connectivity index (χ1n) is 10.5. The average molecular weight is 479 g/mol. The van der Waals surface area contributed by atoms with E-state index in [0.29, 0.717) is 35.3 Å². The van der Waals surface area contributed by atoms with Crippen molar-refractivity contribution in [3.63, 3.8) is 0 Å². The van der Waals surface area contributed by atoms with Crippen molar-refractivity contribution >= 4 is 40.5 Å². The summed E-state index contributed by atoms with van der Waals surface area (Å²) in [6.45, 7) is 3.12. The van der Waals surface area contributed by atoms with E-state index >= 15 is 0 Å². The Kier molecular flexibility index (Phi) is 7.37. The molecule has 0 saturated carbocycles. The molecule has 3 aromatic carbocycles. The van der Waals surface area contributed by atoms with Gasteiger partial charge in [0.2, 0.25) is 0 Å². The molecular formula is C26H23ClN2O3S. The predicted octanol–water partition coefficient (Wildman–Crippen LogP) is 6.12. The van der Waals surface area contributed by atoms with E-state index < -0.39 is 0 Å². The zero-order chi connectivity index (χ0) is 23.2. The number of carbonyl (C=O) groups is 1. The normalized spacial score (nSPS) is 16.1. The Morgan fingerprint density at radius 3 is 2.39 bits per heavy atom. The fraction of sp³-hybridized carbons (Fsp3) is 0.154. The number of aromatic hydroxyl groups is 1. The summed E-state index contributed by atoms with van der Waals surface area (Å²) in [5, 5.41) is 10.9. The number of ether oxygens (including phenoxy) is 1. The van der Waals surface area contributed by atoms with Crippen molar-refractivity contribution in [2.75, 3.05) is 6.61 Å². The van der Waals surface area contributed by atoms with E-state index in [4.69, 9.17) is 21.3 Å². The first-order chi connectivity index (χ1) is 16.0. The number of halogens is 1. The van der Waals surface area contributed by atoms with Gasteiger partial charge in [-0.3, -0.25) is 14.7 Å². The number of amidine groups is 1. The van der Waals surface area contributed by atoms with Crippen molar-refractivity contribution in [3.05, 3.63) is 99.4 Å². The second kappa shape index (κ2) is 10.6. The lowest BCUT2D eigenvalue weighted by Crippen LogP contribution is -2.28. The number of phenols is 1. The highest BCUT2D eigenvalue weighted by Crippen LogP contribution is 2.38. The summed E-state index contributed by atoms with van der Waals surface area (Å²) in [6, 6.07) is 23.0. The second-order valence-corrected chi connectivity index (χ2v) is 8.77. The van der Waals surface area contributed by atoms with Crippen LogP contribution in [0.25, 0.3) is 6.08 Å². The third kappa shape index (κ3) is 5.59. The minimum Gasteiger partial charge on any atom is -0.503 e. The van der Waals surface area contributed by atoms with Crippen LogP contribution in [0.15, 0.2) is 82.7 Å². The van der Waals surface area contributed by atoms with Gasteiger partial charge in [-0.25, -0.2) is 0 Å². The zero-order valence-electron chi connectivity index (χ0n) is 18.1. The van der Waals surface area contributed by atoms with Gasteiger partial charge in [0.25, 0.3) is 5.91 Å². The van der Waals surface area contributed by atoms with E-state index in [1.165, 1.54) is 11.8 Å². The monoisotopic (exact) mass is 478 g/mol. The van der Waals surface area contributed by atoms with Gasteiger partial charge in [-0.2, -0.15) is 0 Å². The Balaban J connectivity index is 1.66. The van der Waals surface area contributed by atoms with Crippen LogP contribution in [-0.2, 0) is 17.9 Å². The SMILES string of the molecule is CCOc1cc(/C=C2/SC(=NCc3ccccc3)N(Cc3ccccc3)C2=O)cc(Cl)c1O. The molecule has 0 aliphatic carbocycles. The van der Waals surface area contributed by atoms with Crippen LogP contribution in [0.5, 0.6) is 11.5 Å². The highest BCUT2D eigenvalue weighted by Gasteiger charge is 2.33. The standard InChI is InChI=1S/C26H23ClN2O3S/c1-2-32-22-14-20(13-21(27)24(22)30)15-23-25(31)29(17-19-11-7-4-8-12-19)26(33-23)28-16-18-9-5-3-6-10-18/h3-15,30H,2,16-17H2,1H3/b23-15+,28-26?. The zero-order valence-corrected chi connectivity index (χ0v) is 19.6. The minimum absolute atomic E-state index is 0.109. The molecule has 7 heteroatoms. The number of nitrogens with zero attached hydrogens (tertiary/aromatic N) is 2. The van der Waals surface area contributed by atoms with E-state index in [2.05, 4.69) is 0 Å². The molecule has 0 unspecified atom stereocenters. The summed E-state index contributed by atoms with van der Waals surface area (Å²) in [4.78, 5) is 20.3. The Hall–Kier alpha value is -3.22. The summed E-state index contributed by atoms with van der Waals surface area (Å²) < 4.78 is 5.47. The number of carbonyl (C=O) groups excluding carboxylic acids is 1. The van der Waals surface area contributed by atoms with Crippen LogP contribution in [0, 0.1) is 0 Å². The van der Waals surface area contributed by atoms with Gasteiger partial charge >= 0.3 is 0 Å². The molecule has 33 heavy (non-hydrogen) atoms. The number of hydrogen-bond donors (Lipinski definition) is 1. The van der Waals surface area contributed by atoms with E-state index in [0.717, 1.165) is 11.1 Å². The maximum atomic E-state index is 13.3. The molecular weight excluding hydrogens is 456 g/mol. The van der Waals surface area contributed by atoms with Crippen LogP contribution < -0.4 is 4.74 Å². The van der Waals surface area contributed by atoms with E-state index in [1.54, 1.807) is 23.1 Å². The van der Waals surface area contributed by atoms with Crippen LogP contribution in [0.4, 0.5) is 0 Å². The maximum Gasteiger partial charge on any atom is 0.267 e. The van der Waals surface area contributed by atoms with Crippen LogP contribution in [-0.4, -0.2) is 27.7 Å². The largest absolute Gasteiger partial charge is 0.503 e. The van der Waals surface area contributed by atoms with Crippen LogP contribution >= 0.6 is 23.4 Å². The van der Waals surface area contributed by atoms with Crippen molar-refractivity contribution in [3.8, 4) is 11.5 Å². The molecule has 0 spiro atoms. The smallest absolute Gasteiger partial charge is 0.267 e. The molecule has 0 atom stereocenters. The van der Waals surface area contributed by atoms with Crippen molar-refractivity contribution in [2.24, 2.45) is 4.99 Å². The third-order valence-corrected chi connectivity index (χ3v) is 6.29. The quantitative estimate of drug-likeness (QED) is 0.416. The fourth-order valence-corrected chi connectivity index (χ4v) is 4.56. The van der Waals surface area contributed by atoms with Gasteiger partial charge in [0.05, 0.1) is 29.6 Å². The number of aliphatic imine (C=N–C) groups is 1. The van der Waals surface area contributed by atoms with Crippen molar-refractivity contribution < 1.29 is 14.6 Å². The molecule has 1 fully saturated rings. The molecule has 0 aromatic heterocycles. The predicted molar refractivity (Wildman–Crippen MR) is 134 cm³/mol. The molecule has 5 nitrogen and oxygen atoms in total. The van der Waals surface area contributed by atoms with Gasteiger partial charge in [-0.1, -0.05) is 72.3 Å². The van der Waals surface area contributed by atoms with Crippen molar-refractivity contribution in [1.29, 1.82) is 0 Å². The number of thioether (sulfide) groups is 1. The number of benzene rings is 3. The first-order valence-corrected chi connectivity index (χ1v) is 11.7. The molecule has 4 rings (SSSR count). The number of phenolic OH excluding ortho intramolecular Hbond substituents is 1. The lowest BCUT2D eigenvalue weighted by molar-refractivity contribution is -0.122. The Morgan fingerprint density at radius 1 is 1.06 bits per heavy atom. The Bertz CT molecular complexity index is 1200. The van der Waals surface area contributed by atoms with Crippen LogP contribution in [0.1, 0.15) is 23.6 Å². The highest BCUT2D eigenvalue weighted by atomic mass is 35.5. The number of hydrogen-bond acceptors (Lipinski definition) is 5. The first kappa shape index (κ1) is 23.0. The van der Waals surface area contributed by atoms with Gasteiger partial charge in [-0.15, -0.1) is 0 Å². The number of rotatable bonds is 7. The second-order valence-electron chi connectivity index (χ2n) is 7.35. The van der Waals surface area contributed by atoms with Gasteiger partial charge in [0, 0.05) is 0 Å². The molecule has 0 bridgehead atoms. The third-order valence-electron chi connectivity index (χ3n) is 4.96. The topological polar surface area (TPSA) is 62.1 Å². The van der Waals surface area contributed by atoms with Gasteiger partial charge in [-0.05, 0) is 53.6 Å². The molecule has 168 valence electrons. The molecule has 1 saturated heterocycles. The van der Waals surface area contributed by atoms with Crippen LogP contribution in [0.2, 0.25) is 5.02 Å². The van der Waals surface area contributed by atoms with Gasteiger partial charge in [0.15, 0.2) is 16.7 Å². The summed E-state index contributed by atoms with van der Waals surface area (Å²) >= 11 is 7.50. The lowest BCUT2D eigenvalue weighted by Gasteiger charge is -2.15. The lowest BCUT2D eigenvalue weighted by atomic mass is 10.1. The highest BCUT2D eigenvalue weighted by molar-refractivity contribution is 8.18. The molecule has 1 heterocycles. The molecule has 3 aromatic rings. The summed E-state index contributed by atoms with van der Waals surface area (Å²) in [5.74, 6) is 0.0473. The minimum atomic E-state index is -0.127. The fourth-order valence-electron chi connectivity index (χ4n) is 3.37. The maximum absolute atomic E-state index is 13.3. The molecule has 1 aliphatic rings. The average Bonchev–Trinajstić information content (AvgIpc) is 3.11. The van der Waals surface area contributed by atoms with E-state index in [9.17, 15) is 9.90 Å². The summed E-state index contributed by atoms with van der Waals surface area (Å²) in [7, 11) is 0. The molecule has 1 aliphatic heterocycles. The van der Waals surface area contributed by atoms with Crippen molar-refractivity contribution in [2.45, 2.75) is 20.0 Å². The van der Waals surface area contributed by atoms with Gasteiger partial charge in [0.1, 0.15) is 0 Å². The van der Waals surface area contributed by atoms with Crippen LogP contribution in [0.3, 0.4) is 0 Å². The summed E-state index contributed by atoms with van der Waals surface area (Å²) in [6.07, 6.45) is 1.75. The summed E-state index contributed by atoms with van der Waals surface area (Å²) in [5.41, 5.74) is 2.76. The van der Waals surface area contributed by atoms with E-state index in [-0.39, 0.29) is 22.4 Å². The Labute approximate surface area is 202 Å². The van der Waals surface area contributed by atoms with E-state index in [1.807, 2.05) is 67.6 Å². The Morgan fingerprint density at radius 2 is 1.73 bits per heavy atom. The molecule has 0 radical (unpaired) electrons. The molecule has 1 amide bonds.